The van der Waals surface area contributed by atoms with E-state index >= 15 is 0 Å². The maximum absolute atomic E-state index is 13.7. The molecular formula is C15H12BrFO2. The number of carbonyl (C=O) groups excluding carboxylic acids is 1. The van der Waals surface area contributed by atoms with Gasteiger partial charge in [0.1, 0.15) is 11.6 Å². The summed E-state index contributed by atoms with van der Waals surface area (Å²) < 4.78 is 19.5. The van der Waals surface area contributed by atoms with Crippen molar-refractivity contribution < 1.29 is 13.9 Å². The van der Waals surface area contributed by atoms with Crippen molar-refractivity contribution in [2.75, 3.05) is 6.61 Å². The normalized spacial score (nSPS) is 10.3. The van der Waals surface area contributed by atoms with E-state index in [0.29, 0.717) is 22.4 Å². The minimum absolute atomic E-state index is 0.0478. The van der Waals surface area contributed by atoms with Crippen LogP contribution in [0.25, 0.3) is 0 Å². The van der Waals surface area contributed by atoms with Crippen molar-refractivity contribution >= 4 is 21.7 Å². The van der Waals surface area contributed by atoms with Crippen LogP contribution in [0.2, 0.25) is 0 Å². The van der Waals surface area contributed by atoms with Gasteiger partial charge in [-0.25, -0.2) is 4.39 Å². The Morgan fingerprint density at radius 1 is 1.21 bits per heavy atom. The molecule has 0 aliphatic heterocycles. The van der Waals surface area contributed by atoms with Crippen LogP contribution >= 0.6 is 15.9 Å². The fraction of sp³-hybridized carbons (Fsp3) is 0.133. The summed E-state index contributed by atoms with van der Waals surface area (Å²) in [4.78, 5) is 12.2. The largest absolute Gasteiger partial charge is 0.494 e. The summed E-state index contributed by atoms with van der Waals surface area (Å²) in [6.45, 7) is 2.45. The van der Waals surface area contributed by atoms with Crippen LogP contribution in [0, 0.1) is 5.82 Å². The van der Waals surface area contributed by atoms with Gasteiger partial charge < -0.3 is 4.74 Å². The Morgan fingerprint density at radius 2 is 1.89 bits per heavy atom. The third kappa shape index (κ3) is 3.01. The number of hydrogen-bond acceptors (Lipinski definition) is 2. The highest BCUT2D eigenvalue weighted by atomic mass is 79.9. The molecule has 0 amide bonds. The van der Waals surface area contributed by atoms with Gasteiger partial charge in [-0.1, -0.05) is 6.07 Å². The van der Waals surface area contributed by atoms with E-state index in [-0.39, 0.29) is 11.3 Å². The molecule has 0 atom stereocenters. The first-order valence-corrected chi connectivity index (χ1v) is 6.64. The molecular weight excluding hydrogens is 311 g/mol. The number of hydrogen-bond donors (Lipinski definition) is 0. The smallest absolute Gasteiger partial charge is 0.197 e. The lowest BCUT2D eigenvalue weighted by Gasteiger charge is -2.07. The summed E-state index contributed by atoms with van der Waals surface area (Å²) in [7, 11) is 0. The van der Waals surface area contributed by atoms with Gasteiger partial charge in [-0.05, 0) is 59.3 Å². The molecule has 0 unspecified atom stereocenters. The highest BCUT2D eigenvalue weighted by molar-refractivity contribution is 9.10. The van der Waals surface area contributed by atoms with Gasteiger partial charge in [0.05, 0.1) is 12.2 Å². The van der Waals surface area contributed by atoms with Crippen LogP contribution in [0.5, 0.6) is 5.75 Å². The first-order chi connectivity index (χ1) is 9.13. The highest BCUT2D eigenvalue weighted by Gasteiger charge is 2.17. The van der Waals surface area contributed by atoms with E-state index in [9.17, 15) is 9.18 Å². The van der Waals surface area contributed by atoms with Crippen LogP contribution in [0.3, 0.4) is 0 Å². The Balaban J connectivity index is 2.34. The second-order valence-electron chi connectivity index (χ2n) is 3.88. The van der Waals surface area contributed by atoms with Gasteiger partial charge in [0.25, 0.3) is 0 Å². The fourth-order valence-electron chi connectivity index (χ4n) is 1.73. The fourth-order valence-corrected chi connectivity index (χ4v) is 2.25. The molecule has 98 valence electrons. The third-order valence-electron chi connectivity index (χ3n) is 2.62. The lowest BCUT2D eigenvalue weighted by molar-refractivity contribution is 0.103. The van der Waals surface area contributed by atoms with Crippen LogP contribution in [-0.4, -0.2) is 12.4 Å². The number of rotatable bonds is 4. The lowest BCUT2D eigenvalue weighted by atomic mass is 10.0. The molecule has 0 aliphatic carbocycles. The van der Waals surface area contributed by atoms with E-state index in [0.717, 1.165) is 0 Å². The summed E-state index contributed by atoms with van der Waals surface area (Å²) in [5, 5.41) is 0. The van der Waals surface area contributed by atoms with E-state index in [4.69, 9.17) is 4.74 Å². The molecule has 0 radical (unpaired) electrons. The van der Waals surface area contributed by atoms with Gasteiger partial charge in [0, 0.05) is 10.0 Å². The summed E-state index contributed by atoms with van der Waals surface area (Å²) in [6, 6.07) is 11.1. The van der Waals surface area contributed by atoms with Crippen molar-refractivity contribution in [3.8, 4) is 5.75 Å². The van der Waals surface area contributed by atoms with Crippen molar-refractivity contribution in [3.63, 3.8) is 0 Å². The Hall–Kier alpha value is -1.68. The number of benzene rings is 2. The summed E-state index contributed by atoms with van der Waals surface area (Å²) in [5.74, 6) is -0.201. The molecule has 19 heavy (non-hydrogen) atoms. The maximum Gasteiger partial charge on any atom is 0.197 e. The summed E-state index contributed by atoms with van der Waals surface area (Å²) in [6.07, 6.45) is 0. The quantitative estimate of drug-likeness (QED) is 0.788. The van der Waals surface area contributed by atoms with Crippen molar-refractivity contribution in [2.24, 2.45) is 0 Å². The molecule has 0 heterocycles. The maximum atomic E-state index is 13.7. The lowest BCUT2D eigenvalue weighted by Crippen LogP contribution is -2.05. The molecule has 4 heteroatoms. The van der Waals surface area contributed by atoms with E-state index in [1.165, 1.54) is 6.07 Å². The molecule has 2 aromatic carbocycles. The predicted molar refractivity (Wildman–Crippen MR) is 75.1 cm³/mol. The number of halogens is 2. The van der Waals surface area contributed by atoms with E-state index in [1.807, 2.05) is 6.92 Å². The second-order valence-corrected chi connectivity index (χ2v) is 4.74. The van der Waals surface area contributed by atoms with Gasteiger partial charge in [-0.2, -0.15) is 0 Å². The molecule has 2 aromatic rings. The molecule has 0 saturated carbocycles. The third-order valence-corrected chi connectivity index (χ3v) is 3.28. The zero-order valence-corrected chi connectivity index (χ0v) is 11.9. The summed E-state index contributed by atoms with van der Waals surface area (Å²) in [5.41, 5.74) is 0.473. The monoisotopic (exact) mass is 322 g/mol. The predicted octanol–water partition coefficient (Wildman–Crippen LogP) is 4.22. The molecule has 0 N–H and O–H groups in total. The van der Waals surface area contributed by atoms with Crippen LogP contribution in [0.4, 0.5) is 4.39 Å². The van der Waals surface area contributed by atoms with Gasteiger partial charge in [0.15, 0.2) is 5.78 Å². The van der Waals surface area contributed by atoms with Crippen LogP contribution < -0.4 is 4.74 Å². The van der Waals surface area contributed by atoms with E-state index < -0.39 is 5.82 Å². The molecule has 0 saturated heterocycles. The van der Waals surface area contributed by atoms with Crippen molar-refractivity contribution in [3.05, 3.63) is 63.9 Å². The molecule has 0 aromatic heterocycles. The minimum atomic E-state index is -0.534. The van der Waals surface area contributed by atoms with Gasteiger partial charge in [0.2, 0.25) is 0 Å². The Bertz CT molecular complexity index is 573. The van der Waals surface area contributed by atoms with Crippen molar-refractivity contribution in [1.82, 2.24) is 0 Å². The minimum Gasteiger partial charge on any atom is -0.494 e. The van der Waals surface area contributed by atoms with Crippen LogP contribution in [0.1, 0.15) is 22.8 Å². The highest BCUT2D eigenvalue weighted by Crippen LogP contribution is 2.23. The number of ketones is 1. The van der Waals surface area contributed by atoms with E-state index in [2.05, 4.69) is 15.9 Å². The zero-order valence-electron chi connectivity index (χ0n) is 10.3. The summed E-state index contributed by atoms with van der Waals surface area (Å²) >= 11 is 3.20. The Kier molecular flexibility index (Phi) is 4.32. The molecule has 2 rings (SSSR count). The van der Waals surface area contributed by atoms with Gasteiger partial charge >= 0.3 is 0 Å². The van der Waals surface area contributed by atoms with Gasteiger partial charge in [-0.15, -0.1) is 0 Å². The first-order valence-electron chi connectivity index (χ1n) is 5.85. The number of carbonyl (C=O) groups is 1. The van der Waals surface area contributed by atoms with Crippen LogP contribution in [-0.2, 0) is 0 Å². The first kappa shape index (κ1) is 13.7. The molecule has 0 aliphatic rings. The van der Waals surface area contributed by atoms with Gasteiger partial charge in [-0.3, -0.25) is 4.79 Å². The molecule has 0 spiro atoms. The van der Waals surface area contributed by atoms with Crippen molar-refractivity contribution in [1.29, 1.82) is 0 Å². The Morgan fingerprint density at radius 3 is 2.47 bits per heavy atom. The molecule has 0 bridgehead atoms. The topological polar surface area (TPSA) is 26.3 Å². The van der Waals surface area contributed by atoms with Crippen LogP contribution in [0.15, 0.2) is 46.9 Å². The second kappa shape index (κ2) is 5.97. The SMILES string of the molecule is CCOc1ccc(C(=O)c2c(F)cccc2Br)cc1. The van der Waals surface area contributed by atoms with E-state index in [1.54, 1.807) is 36.4 Å². The van der Waals surface area contributed by atoms with Crippen molar-refractivity contribution in [2.45, 2.75) is 6.92 Å². The molecule has 2 nitrogen and oxygen atoms in total. The average molecular weight is 323 g/mol. The Labute approximate surface area is 119 Å². The number of ether oxygens (including phenoxy) is 1. The zero-order chi connectivity index (χ0) is 13.8. The molecule has 0 fully saturated rings. The average Bonchev–Trinajstić information content (AvgIpc) is 2.39. The standard InChI is InChI=1S/C15H12BrFO2/c1-2-19-11-8-6-10(7-9-11)15(18)14-12(16)4-3-5-13(14)17/h3-9H,2H2,1H3.